The van der Waals surface area contributed by atoms with Gasteiger partial charge in [0.1, 0.15) is 21.9 Å². The molecule has 5 rings (SSSR count). The van der Waals surface area contributed by atoms with E-state index >= 15 is 0 Å². The van der Waals surface area contributed by atoms with Gasteiger partial charge in [0.05, 0.1) is 31.6 Å². The zero-order chi connectivity index (χ0) is 28.8. The minimum Gasteiger partial charge on any atom is -0.744 e. The van der Waals surface area contributed by atoms with Gasteiger partial charge >= 0.3 is 5.97 Å². The topological polar surface area (TPSA) is 113 Å². The van der Waals surface area contributed by atoms with Crippen molar-refractivity contribution in [2.45, 2.75) is 69.4 Å². The summed E-state index contributed by atoms with van der Waals surface area (Å²) in [5.74, 6) is -0.163. The van der Waals surface area contributed by atoms with Crippen LogP contribution in [0.3, 0.4) is 0 Å². The van der Waals surface area contributed by atoms with E-state index in [1.54, 1.807) is 12.1 Å². The molecule has 2 aliphatic rings. The number of esters is 1. The number of hydrogen-bond donors (Lipinski definition) is 0. The Labute approximate surface area is 237 Å². The zero-order valence-corrected chi connectivity index (χ0v) is 24.6. The van der Waals surface area contributed by atoms with E-state index < -0.39 is 16.2 Å². The van der Waals surface area contributed by atoms with Gasteiger partial charge in [-0.25, -0.2) is 13.2 Å². The fraction of sp³-hybridized carbons (Fsp3) is 0.533. The Morgan fingerprint density at radius 2 is 1.70 bits per heavy atom. The van der Waals surface area contributed by atoms with Gasteiger partial charge in [0.15, 0.2) is 11.6 Å². The molecule has 3 aromatic rings. The number of carbonyl (C=O) groups is 1. The number of hydrogen-bond acceptors (Lipinski definition) is 8. The number of carbonyl (C=O) groups excluding carboxylic acids is 1. The standard InChI is InChI=1S/C23H34N3O3.C7H8O3S/c1-3-26(2)16-12-18(13-17-26)28-23(27)22(25-14-8-4-5-9-15-25)21-19-10-6-7-11-20(19)29-24-21;1-6-2-4-7(5-3-6)11(8,9)10/h6-7,10-11,18,22H,3-5,8-9,12-17H2,1-2H3;2-5H,1H3,(H,8,9,10)/q+1;/p-1. The number of fused-ring (bicyclic) bond motifs is 1. The number of benzene rings is 2. The average molecular weight is 572 g/mol. The minimum atomic E-state index is -4.27. The van der Waals surface area contributed by atoms with Gasteiger partial charge in [0.25, 0.3) is 0 Å². The molecule has 9 nitrogen and oxygen atoms in total. The van der Waals surface area contributed by atoms with E-state index in [2.05, 4.69) is 24.0 Å². The van der Waals surface area contributed by atoms with Gasteiger partial charge in [-0.05, 0) is 64.0 Å². The second-order valence-electron chi connectivity index (χ2n) is 11.2. The third-order valence-corrected chi connectivity index (χ3v) is 9.08. The maximum absolute atomic E-state index is 13.4. The Hall–Kier alpha value is -2.79. The molecule has 2 fully saturated rings. The Bertz CT molecular complexity index is 1360. The van der Waals surface area contributed by atoms with Gasteiger partial charge < -0.3 is 18.3 Å². The molecule has 3 heterocycles. The molecule has 40 heavy (non-hydrogen) atoms. The van der Waals surface area contributed by atoms with E-state index in [1.807, 2.05) is 31.2 Å². The molecule has 10 heteroatoms. The molecule has 2 aliphatic heterocycles. The smallest absolute Gasteiger partial charge is 0.330 e. The lowest BCUT2D eigenvalue weighted by Crippen LogP contribution is -2.51. The molecule has 0 amide bonds. The lowest BCUT2D eigenvalue weighted by molar-refractivity contribution is -0.913. The van der Waals surface area contributed by atoms with Gasteiger partial charge in [-0.1, -0.05) is 47.8 Å². The molecule has 1 atom stereocenters. The molecule has 0 aliphatic carbocycles. The van der Waals surface area contributed by atoms with Crippen LogP contribution in [0.1, 0.15) is 62.7 Å². The van der Waals surface area contributed by atoms with E-state index in [0.29, 0.717) is 5.69 Å². The summed E-state index contributed by atoms with van der Waals surface area (Å²) in [6.07, 6.45) is 6.52. The van der Waals surface area contributed by atoms with Crippen LogP contribution in [0.5, 0.6) is 0 Å². The van der Waals surface area contributed by atoms with Crippen LogP contribution in [-0.4, -0.2) is 79.4 Å². The lowest BCUT2D eigenvalue weighted by Gasteiger charge is -2.40. The van der Waals surface area contributed by atoms with Crippen molar-refractivity contribution < 1.29 is 31.5 Å². The van der Waals surface area contributed by atoms with Gasteiger partial charge in [-0.3, -0.25) is 4.90 Å². The Balaban J connectivity index is 0.000000283. The van der Waals surface area contributed by atoms with Crippen LogP contribution in [0.2, 0.25) is 0 Å². The van der Waals surface area contributed by atoms with E-state index in [9.17, 15) is 17.8 Å². The summed E-state index contributed by atoms with van der Waals surface area (Å²) in [6.45, 7) is 9.11. The summed E-state index contributed by atoms with van der Waals surface area (Å²) < 4.78 is 43.9. The van der Waals surface area contributed by atoms with Crippen molar-refractivity contribution in [2.24, 2.45) is 0 Å². The molecule has 0 spiro atoms. The number of piperidine rings is 1. The quantitative estimate of drug-likeness (QED) is 0.235. The van der Waals surface area contributed by atoms with Crippen molar-refractivity contribution >= 4 is 27.1 Å². The number of ether oxygens (including phenoxy) is 1. The van der Waals surface area contributed by atoms with Crippen molar-refractivity contribution in [1.82, 2.24) is 10.1 Å². The van der Waals surface area contributed by atoms with Crippen LogP contribution in [0.4, 0.5) is 0 Å². The van der Waals surface area contributed by atoms with Crippen molar-refractivity contribution in [1.29, 1.82) is 0 Å². The average Bonchev–Trinajstić information content (AvgIpc) is 3.16. The largest absolute Gasteiger partial charge is 0.744 e. The maximum Gasteiger partial charge on any atom is 0.330 e. The highest BCUT2D eigenvalue weighted by molar-refractivity contribution is 7.85. The Morgan fingerprint density at radius 3 is 2.30 bits per heavy atom. The van der Waals surface area contributed by atoms with Gasteiger partial charge in [-0.15, -0.1) is 0 Å². The van der Waals surface area contributed by atoms with Crippen LogP contribution < -0.4 is 0 Å². The fourth-order valence-corrected chi connectivity index (χ4v) is 5.89. The number of likely N-dealkylation sites (tertiary alicyclic amines) is 2. The molecule has 0 N–H and O–H groups in total. The van der Waals surface area contributed by atoms with E-state index in [0.717, 1.165) is 79.4 Å². The SMILES string of the molecule is CC[N+]1(C)CCC(OC(=O)C(c2noc3ccccc23)N2CCCCCC2)CC1.Cc1ccc(S(=O)(=O)[O-])cc1. The first-order valence-corrected chi connectivity index (χ1v) is 15.7. The molecule has 0 bridgehead atoms. The number of para-hydroxylation sites is 1. The summed E-state index contributed by atoms with van der Waals surface area (Å²) in [4.78, 5) is 15.5. The van der Waals surface area contributed by atoms with Crippen LogP contribution in [0.15, 0.2) is 57.9 Å². The van der Waals surface area contributed by atoms with Gasteiger partial charge in [0.2, 0.25) is 0 Å². The summed E-state index contributed by atoms with van der Waals surface area (Å²) in [5, 5.41) is 5.25. The first-order valence-electron chi connectivity index (χ1n) is 14.2. The summed E-state index contributed by atoms with van der Waals surface area (Å²) >= 11 is 0. The van der Waals surface area contributed by atoms with Gasteiger partial charge in [-0.2, -0.15) is 0 Å². The van der Waals surface area contributed by atoms with E-state index in [4.69, 9.17) is 9.26 Å². The second kappa shape index (κ2) is 13.2. The first-order chi connectivity index (χ1) is 19.1. The van der Waals surface area contributed by atoms with Crippen LogP contribution >= 0.6 is 0 Å². The molecule has 1 unspecified atom stereocenters. The second-order valence-corrected chi connectivity index (χ2v) is 12.6. The minimum absolute atomic E-state index is 0.00731. The number of nitrogens with zero attached hydrogens (tertiary/aromatic N) is 3. The molecule has 0 radical (unpaired) electrons. The highest BCUT2D eigenvalue weighted by Crippen LogP contribution is 2.32. The fourth-order valence-electron chi connectivity index (χ4n) is 5.42. The highest BCUT2D eigenvalue weighted by Gasteiger charge is 2.37. The molecular weight excluding hydrogens is 530 g/mol. The lowest BCUT2D eigenvalue weighted by atomic mass is 10.0. The van der Waals surface area contributed by atoms with Crippen molar-refractivity contribution in [2.75, 3.05) is 39.8 Å². The van der Waals surface area contributed by atoms with E-state index in [1.165, 1.54) is 25.0 Å². The molecule has 2 aromatic carbocycles. The third-order valence-electron chi connectivity index (χ3n) is 8.23. The Morgan fingerprint density at radius 1 is 1.07 bits per heavy atom. The predicted molar refractivity (Wildman–Crippen MR) is 152 cm³/mol. The van der Waals surface area contributed by atoms with Crippen LogP contribution in [-0.2, 0) is 19.6 Å². The first kappa shape index (κ1) is 30.2. The van der Waals surface area contributed by atoms with Gasteiger partial charge in [0, 0.05) is 18.2 Å². The highest BCUT2D eigenvalue weighted by atomic mass is 32.2. The normalized spacial score (nSPS) is 23.1. The molecule has 218 valence electrons. The maximum atomic E-state index is 13.4. The van der Waals surface area contributed by atoms with E-state index in [-0.39, 0.29) is 17.0 Å². The van der Waals surface area contributed by atoms with Crippen molar-refractivity contribution in [3.8, 4) is 0 Å². The summed E-state index contributed by atoms with van der Waals surface area (Å²) in [5.41, 5.74) is 2.36. The van der Waals surface area contributed by atoms with Crippen LogP contribution in [0.25, 0.3) is 11.0 Å². The summed E-state index contributed by atoms with van der Waals surface area (Å²) in [7, 11) is -1.98. The molecule has 2 saturated heterocycles. The van der Waals surface area contributed by atoms with Crippen molar-refractivity contribution in [3.05, 3.63) is 59.8 Å². The monoisotopic (exact) mass is 571 g/mol. The third kappa shape index (κ3) is 7.69. The predicted octanol–water partition coefficient (Wildman–Crippen LogP) is 4.82. The number of rotatable bonds is 6. The van der Waals surface area contributed by atoms with Crippen molar-refractivity contribution in [3.63, 3.8) is 0 Å². The number of aryl methyl sites for hydroxylation is 1. The molecular formula is C30H41N3O6S. The van der Waals surface area contributed by atoms with Crippen LogP contribution in [0, 0.1) is 6.92 Å². The Kier molecular flexibility index (Phi) is 9.99. The zero-order valence-electron chi connectivity index (χ0n) is 23.8. The summed E-state index contributed by atoms with van der Waals surface area (Å²) in [6, 6.07) is 13.1. The molecule has 0 saturated carbocycles. The number of quaternary nitrogens is 1. The number of aromatic nitrogens is 1. The molecule has 1 aromatic heterocycles.